The van der Waals surface area contributed by atoms with E-state index >= 15 is 0 Å². The molecule has 3 N–H and O–H groups in total. The molecular weight excluding hydrogens is 1040 g/mol. The molecule has 0 aromatic heterocycles. The summed E-state index contributed by atoms with van der Waals surface area (Å²) in [6, 6.07) is 0. The van der Waals surface area contributed by atoms with Crippen LogP contribution in [0.1, 0.15) is 212 Å². The van der Waals surface area contributed by atoms with Gasteiger partial charge in [0.2, 0.25) is 0 Å². The minimum Gasteiger partial charge on any atom is -0.454 e. The third-order valence-electron chi connectivity index (χ3n) is 24.3. The zero-order chi connectivity index (χ0) is 59.4. The number of hydrogen-bond donors (Lipinski definition) is 3. The van der Waals surface area contributed by atoms with E-state index in [0.717, 1.165) is 113 Å². The van der Waals surface area contributed by atoms with Gasteiger partial charge in [0, 0.05) is 11.8 Å². The molecule has 0 unspecified atom stereocenters. The molecule has 2 heterocycles. The fourth-order valence-corrected chi connectivity index (χ4v) is 18.9. The van der Waals surface area contributed by atoms with Crippen molar-refractivity contribution in [3.05, 3.63) is 46.6 Å². The second-order valence-electron chi connectivity index (χ2n) is 31.2. The van der Waals surface area contributed by atoms with Crippen LogP contribution in [0.2, 0.25) is 0 Å². The van der Waals surface area contributed by atoms with Crippen LogP contribution >= 0.6 is 0 Å². The fraction of sp³-hybridized carbons (Fsp3) is 0.809. The predicted octanol–water partition coefficient (Wildman–Crippen LogP) is 11.3. The van der Waals surface area contributed by atoms with Gasteiger partial charge in [0.15, 0.2) is 34.8 Å². The number of ketones is 2. The number of esters is 3. The Hall–Kier alpha value is -3.37. The first-order valence-electron chi connectivity index (χ1n) is 31.8. The van der Waals surface area contributed by atoms with E-state index in [9.17, 15) is 39.3 Å². The van der Waals surface area contributed by atoms with Crippen molar-refractivity contribution in [1.82, 2.24) is 0 Å². The maximum absolute atomic E-state index is 14.5. The van der Waals surface area contributed by atoms with Gasteiger partial charge >= 0.3 is 17.9 Å². The highest BCUT2D eigenvalue weighted by atomic mass is 16.7. The van der Waals surface area contributed by atoms with Crippen LogP contribution in [-0.2, 0) is 52.4 Å². The van der Waals surface area contributed by atoms with Crippen molar-refractivity contribution >= 4 is 29.5 Å². The van der Waals surface area contributed by atoms with Gasteiger partial charge in [-0.2, -0.15) is 0 Å². The summed E-state index contributed by atoms with van der Waals surface area (Å²) < 4.78 is 36.1. The highest BCUT2D eigenvalue weighted by Crippen LogP contribution is 2.73. The van der Waals surface area contributed by atoms with E-state index in [1.54, 1.807) is 6.92 Å². The average Bonchev–Trinajstić information content (AvgIpc) is 1.54. The Bertz CT molecular complexity index is 2720. The molecule has 4 bridgehead atoms. The van der Waals surface area contributed by atoms with E-state index in [1.165, 1.54) is 12.8 Å². The lowest BCUT2D eigenvalue weighted by atomic mass is 9.63. The maximum Gasteiger partial charge on any atom is 0.319 e. The number of aliphatic hydroxyl groups excluding tert-OH is 1. The molecular formula is C68H98O14. The van der Waals surface area contributed by atoms with Crippen molar-refractivity contribution in [3.63, 3.8) is 0 Å². The van der Waals surface area contributed by atoms with E-state index in [0.29, 0.717) is 36.9 Å². The molecule has 13 rings (SSSR count). The van der Waals surface area contributed by atoms with Crippen molar-refractivity contribution in [2.24, 2.45) is 73.4 Å². The summed E-state index contributed by atoms with van der Waals surface area (Å²) in [6.07, 6.45) is 21.9. The third kappa shape index (κ3) is 9.17. The number of Topliss-reactive ketones (excluding diaryl/α,β-unsaturated/α-hetero) is 2. The van der Waals surface area contributed by atoms with Crippen LogP contribution in [0.3, 0.4) is 0 Å². The van der Waals surface area contributed by atoms with E-state index in [1.807, 2.05) is 79.7 Å². The van der Waals surface area contributed by atoms with Gasteiger partial charge in [-0.15, -0.1) is 0 Å². The minimum atomic E-state index is -1.71. The lowest BCUT2D eigenvalue weighted by Gasteiger charge is -2.51. The molecule has 454 valence electrons. The van der Waals surface area contributed by atoms with Crippen molar-refractivity contribution in [1.29, 1.82) is 0 Å². The SMILES string of the molecule is CC1(C(=O)OC(=O)C2(C)CCCCC2)CCCCC1.CC1=C[C@@]23CC[C@@H]4[C@H]([C@H](C=C5COC(C)(C)O[C@H]5[C@]2(O)[C@H]1O)C3=O)C4(C)C.CC1=C[C@@]23CC[C@@H]4[C@H]([C@H](C=C5COC(C)(C)O[C@H]5[C@]2(O)[C@H]1OC(=O)C1(C)CCCCC1)C3=O)C4(C)C. The summed E-state index contributed by atoms with van der Waals surface area (Å²) in [7, 11) is 0. The fourth-order valence-electron chi connectivity index (χ4n) is 18.9. The molecule has 11 aliphatic carbocycles. The molecule has 2 aliphatic heterocycles. The van der Waals surface area contributed by atoms with Gasteiger partial charge in [0.05, 0.1) is 40.3 Å². The number of aliphatic hydroxyl groups is 3. The number of rotatable bonds is 4. The van der Waals surface area contributed by atoms with E-state index in [-0.39, 0.29) is 70.6 Å². The molecule has 14 atom stereocenters. The molecule has 82 heavy (non-hydrogen) atoms. The second kappa shape index (κ2) is 20.1. The number of ether oxygens (including phenoxy) is 6. The standard InChI is InChI=1S/C30H42O6.C22H30O5.C16H26O3/c1-17-15-29-13-10-20-21(26(20,2)3)19(22(29)31)14-18-16-34-27(4,5)36-24(18)30(29,33)23(17)35-25(32)28(6)11-8-7-9-12-28;1-11-9-21-7-6-14-15(19(14,2)3)13(17(21)24)8-12-10-26-20(4,5)27-18(12)22(21,25)16(11)23;1-15(9-5-3-6-10-15)13(17)19-14(18)16(2)11-7-4-8-12-16/h14-15,19-21,23-24,33H,7-13,16H2,1-6H3;8-9,13-16,18,23,25H,6-7,10H2,1-5H3;3-12H2,1-2H3/t19-,20+,21-,23-,24+,29+,30+;13-,14+,15-,16-,18+,21+,22+;/m00./s1. The molecule has 0 radical (unpaired) electrons. The van der Waals surface area contributed by atoms with Crippen molar-refractivity contribution in [2.75, 3.05) is 13.2 Å². The average molecular weight is 1140 g/mol. The van der Waals surface area contributed by atoms with Crippen LogP contribution in [0.15, 0.2) is 46.6 Å². The predicted molar refractivity (Wildman–Crippen MR) is 306 cm³/mol. The molecule has 14 heteroatoms. The number of hydrogen-bond acceptors (Lipinski definition) is 14. The number of fused-ring (bicyclic) bond motifs is 10. The van der Waals surface area contributed by atoms with Crippen molar-refractivity contribution in [3.8, 4) is 0 Å². The van der Waals surface area contributed by atoms with Gasteiger partial charge < -0.3 is 43.7 Å². The number of carbonyl (C=O) groups excluding carboxylic acids is 5. The molecule has 7 saturated carbocycles. The van der Waals surface area contributed by atoms with Gasteiger partial charge in [-0.25, -0.2) is 0 Å². The van der Waals surface area contributed by atoms with Crippen molar-refractivity contribution in [2.45, 2.75) is 259 Å². The zero-order valence-corrected chi connectivity index (χ0v) is 51.8. The van der Waals surface area contributed by atoms with E-state index in [4.69, 9.17) is 28.4 Å². The summed E-state index contributed by atoms with van der Waals surface area (Å²) in [5.41, 5.74) is -3.85. The molecule has 2 spiro atoms. The van der Waals surface area contributed by atoms with Crippen LogP contribution in [0.4, 0.5) is 0 Å². The molecule has 0 aromatic carbocycles. The first kappa shape index (κ1) is 60.3. The monoisotopic (exact) mass is 1140 g/mol. The smallest absolute Gasteiger partial charge is 0.319 e. The van der Waals surface area contributed by atoms with E-state index < -0.39 is 74.3 Å². The van der Waals surface area contributed by atoms with E-state index in [2.05, 4.69) is 27.7 Å². The second-order valence-corrected chi connectivity index (χ2v) is 31.2. The third-order valence-corrected chi connectivity index (χ3v) is 24.3. The Morgan fingerprint density at radius 2 is 0.878 bits per heavy atom. The molecule has 14 nitrogen and oxygen atoms in total. The van der Waals surface area contributed by atoms with Gasteiger partial charge in [-0.1, -0.05) is 110 Å². The summed E-state index contributed by atoms with van der Waals surface area (Å²) in [6.45, 7) is 26.5. The van der Waals surface area contributed by atoms with Crippen LogP contribution in [-0.4, -0.2) is 105 Å². The Morgan fingerprint density at radius 1 is 0.512 bits per heavy atom. The minimum absolute atomic E-state index is 0.0438. The highest BCUT2D eigenvalue weighted by Gasteiger charge is 2.77. The number of carbonyl (C=O) groups is 5. The molecule has 0 amide bonds. The first-order valence-corrected chi connectivity index (χ1v) is 31.8. The van der Waals surface area contributed by atoms with Crippen LogP contribution in [0, 0.1) is 73.4 Å². The van der Waals surface area contributed by atoms with Gasteiger partial charge in [-0.05, 0) is 183 Å². The quantitative estimate of drug-likeness (QED) is 0.136. The van der Waals surface area contributed by atoms with Crippen LogP contribution in [0.5, 0.6) is 0 Å². The lowest BCUT2D eigenvalue weighted by Crippen LogP contribution is -2.67. The topological polar surface area (TPSA) is 201 Å². The molecule has 2 saturated heterocycles. The largest absolute Gasteiger partial charge is 0.454 e. The lowest BCUT2D eigenvalue weighted by molar-refractivity contribution is -0.302. The molecule has 9 fully saturated rings. The Balaban J connectivity index is 0.000000136. The maximum atomic E-state index is 14.5. The van der Waals surface area contributed by atoms with Crippen LogP contribution < -0.4 is 0 Å². The Morgan fingerprint density at radius 3 is 1.29 bits per heavy atom. The highest BCUT2D eigenvalue weighted by molar-refractivity contribution is 5.96. The van der Waals surface area contributed by atoms with Crippen molar-refractivity contribution < 1.29 is 67.7 Å². The number of allylic oxidation sites excluding steroid dienone is 2. The summed E-state index contributed by atoms with van der Waals surface area (Å²) in [5, 5.41) is 36.0. The first-order chi connectivity index (χ1) is 38.2. The zero-order valence-electron chi connectivity index (χ0n) is 51.8. The summed E-state index contributed by atoms with van der Waals surface area (Å²) in [4.78, 5) is 66.7. The van der Waals surface area contributed by atoms with Gasteiger partial charge in [0.1, 0.15) is 23.9 Å². The molecule has 13 aliphatic rings. The summed E-state index contributed by atoms with van der Waals surface area (Å²) >= 11 is 0. The Labute approximate surface area is 487 Å². The van der Waals surface area contributed by atoms with Gasteiger partial charge in [-0.3, -0.25) is 24.0 Å². The normalized spacial score (nSPS) is 43.0. The molecule has 0 aromatic rings. The van der Waals surface area contributed by atoms with Gasteiger partial charge in [0.25, 0.3) is 0 Å². The van der Waals surface area contributed by atoms with Crippen LogP contribution in [0.25, 0.3) is 0 Å². The Kier molecular flexibility index (Phi) is 14.8. The summed E-state index contributed by atoms with van der Waals surface area (Å²) in [5.74, 6) is -1.71.